The van der Waals surface area contributed by atoms with Gasteiger partial charge < -0.3 is 10.2 Å². The van der Waals surface area contributed by atoms with Gasteiger partial charge in [-0.05, 0) is 19.5 Å². The zero-order valence-corrected chi connectivity index (χ0v) is 10.5. The fraction of sp³-hybridized carbons (Fsp3) is 0.500. The number of nitrogens with zero attached hydrogens (tertiary/aromatic N) is 2. The van der Waals surface area contributed by atoms with Gasteiger partial charge in [0.2, 0.25) is 0 Å². The van der Waals surface area contributed by atoms with Crippen molar-refractivity contribution in [2.75, 3.05) is 25.0 Å². The van der Waals surface area contributed by atoms with E-state index in [9.17, 15) is 18.9 Å². The molecule has 1 unspecified atom stereocenters. The van der Waals surface area contributed by atoms with Crippen LogP contribution < -0.4 is 10.2 Å². The fourth-order valence-corrected chi connectivity index (χ4v) is 2.33. The Labute approximate surface area is 109 Å². The Morgan fingerprint density at radius 1 is 1.53 bits per heavy atom. The van der Waals surface area contributed by atoms with E-state index in [0.717, 1.165) is 12.5 Å². The highest BCUT2D eigenvalue weighted by Gasteiger charge is 2.26. The molecule has 1 atom stereocenters. The first-order chi connectivity index (χ1) is 9.02. The lowest BCUT2D eigenvalue weighted by atomic mass is 10.1. The van der Waals surface area contributed by atoms with Crippen LogP contribution >= 0.6 is 0 Å². The summed E-state index contributed by atoms with van der Waals surface area (Å²) >= 11 is 0. The van der Waals surface area contributed by atoms with Crippen molar-refractivity contribution < 1.29 is 13.7 Å². The molecule has 7 heteroatoms. The number of anilines is 1. The van der Waals surface area contributed by atoms with Gasteiger partial charge in [0.05, 0.1) is 4.92 Å². The Kier molecular flexibility index (Phi) is 3.94. The zero-order valence-electron chi connectivity index (χ0n) is 10.5. The number of nitro groups is 1. The molecule has 1 aliphatic rings. The van der Waals surface area contributed by atoms with E-state index in [-0.39, 0.29) is 17.3 Å². The molecular formula is C12H15F2N3O2. The number of hydrogen-bond donors (Lipinski definition) is 1. The van der Waals surface area contributed by atoms with Gasteiger partial charge in [0.1, 0.15) is 0 Å². The summed E-state index contributed by atoms with van der Waals surface area (Å²) in [5.41, 5.74) is -0.187. The van der Waals surface area contributed by atoms with E-state index in [4.69, 9.17) is 0 Å². The van der Waals surface area contributed by atoms with Gasteiger partial charge in [0.15, 0.2) is 0 Å². The smallest absolute Gasteiger partial charge is 0.270 e. The Bertz CT molecular complexity index is 482. The molecule has 2 rings (SSSR count). The highest BCUT2D eigenvalue weighted by molar-refractivity contribution is 5.59. The van der Waals surface area contributed by atoms with E-state index in [1.807, 2.05) is 11.9 Å². The predicted octanol–water partition coefficient (Wildman–Crippen LogP) is 2.33. The average Bonchev–Trinajstić information content (AvgIpc) is 2.86. The second kappa shape index (κ2) is 5.48. The maximum Gasteiger partial charge on any atom is 0.270 e. The summed E-state index contributed by atoms with van der Waals surface area (Å²) < 4.78 is 26.1. The second-order valence-electron chi connectivity index (χ2n) is 4.52. The van der Waals surface area contributed by atoms with E-state index < -0.39 is 11.3 Å². The van der Waals surface area contributed by atoms with Crippen LogP contribution in [0.15, 0.2) is 18.2 Å². The number of benzene rings is 1. The van der Waals surface area contributed by atoms with Crippen molar-refractivity contribution in [1.82, 2.24) is 5.32 Å². The van der Waals surface area contributed by atoms with Crippen LogP contribution in [-0.4, -0.2) is 31.1 Å². The van der Waals surface area contributed by atoms with E-state index in [1.54, 1.807) is 0 Å². The first kappa shape index (κ1) is 13.7. The van der Waals surface area contributed by atoms with Crippen molar-refractivity contribution in [1.29, 1.82) is 0 Å². The number of nitro benzene ring substituents is 1. The number of likely N-dealkylation sites (N-methyl/N-ethyl adjacent to an activating group) is 1. The van der Waals surface area contributed by atoms with Gasteiger partial charge in [-0.2, -0.15) is 0 Å². The molecule has 0 amide bonds. The molecule has 1 aliphatic heterocycles. The minimum absolute atomic E-state index is 0.265. The first-order valence-electron chi connectivity index (χ1n) is 6.01. The van der Waals surface area contributed by atoms with Crippen LogP contribution in [0.3, 0.4) is 0 Å². The van der Waals surface area contributed by atoms with E-state index in [2.05, 4.69) is 5.32 Å². The molecule has 0 radical (unpaired) electrons. The second-order valence-corrected chi connectivity index (χ2v) is 4.52. The molecule has 0 bridgehead atoms. The SMILES string of the molecule is CNC1CCN(c2ccc([N+](=O)[O-])cc2C(F)F)C1. The minimum Gasteiger partial charge on any atom is -0.370 e. The third-order valence-corrected chi connectivity index (χ3v) is 3.39. The Morgan fingerprint density at radius 2 is 2.26 bits per heavy atom. The third-order valence-electron chi connectivity index (χ3n) is 3.39. The van der Waals surface area contributed by atoms with Crippen LogP contribution in [0.5, 0.6) is 0 Å². The molecule has 104 valence electrons. The van der Waals surface area contributed by atoms with Crippen molar-refractivity contribution in [2.24, 2.45) is 0 Å². The van der Waals surface area contributed by atoms with E-state index >= 15 is 0 Å². The van der Waals surface area contributed by atoms with Gasteiger partial charge in [-0.15, -0.1) is 0 Å². The summed E-state index contributed by atoms with van der Waals surface area (Å²) in [6, 6.07) is 3.92. The lowest BCUT2D eigenvalue weighted by Crippen LogP contribution is -2.29. The molecule has 19 heavy (non-hydrogen) atoms. The summed E-state index contributed by atoms with van der Waals surface area (Å²) in [7, 11) is 1.83. The van der Waals surface area contributed by atoms with E-state index in [1.165, 1.54) is 12.1 Å². The van der Waals surface area contributed by atoms with Gasteiger partial charge in [-0.1, -0.05) is 0 Å². The lowest BCUT2D eigenvalue weighted by Gasteiger charge is -2.21. The molecular weight excluding hydrogens is 256 g/mol. The van der Waals surface area contributed by atoms with Crippen LogP contribution in [0.4, 0.5) is 20.2 Å². The van der Waals surface area contributed by atoms with Crippen LogP contribution in [-0.2, 0) is 0 Å². The van der Waals surface area contributed by atoms with Crippen LogP contribution in [0.25, 0.3) is 0 Å². The van der Waals surface area contributed by atoms with Gasteiger partial charge in [0, 0.05) is 42.5 Å². The topological polar surface area (TPSA) is 58.4 Å². The standard InChI is InChI=1S/C12H15F2N3O2/c1-15-8-4-5-16(7-8)11-3-2-9(17(18)19)6-10(11)12(13)14/h2-3,6,8,12,15H,4-5,7H2,1H3. The summed E-state index contributed by atoms with van der Waals surface area (Å²) in [6.45, 7) is 1.30. The normalized spacial score (nSPS) is 19.2. The number of non-ortho nitro benzene ring substituents is 1. The van der Waals surface area contributed by atoms with Crippen LogP contribution in [0.2, 0.25) is 0 Å². The molecule has 0 spiro atoms. The molecule has 1 aromatic carbocycles. The summed E-state index contributed by atoms with van der Waals surface area (Å²) in [6.07, 6.45) is -1.85. The average molecular weight is 271 g/mol. The summed E-state index contributed by atoms with van der Waals surface area (Å²) in [5, 5.41) is 13.7. The molecule has 1 N–H and O–H groups in total. The quantitative estimate of drug-likeness (QED) is 0.674. The van der Waals surface area contributed by atoms with Gasteiger partial charge >= 0.3 is 0 Å². The monoisotopic (exact) mass is 271 g/mol. The fourth-order valence-electron chi connectivity index (χ4n) is 2.33. The largest absolute Gasteiger partial charge is 0.370 e. The number of nitrogens with one attached hydrogen (secondary N) is 1. The zero-order chi connectivity index (χ0) is 14.0. The molecule has 0 aromatic heterocycles. The van der Waals surface area contributed by atoms with Crippen molar-refractivity contribution in [2.45, 2.75) is 18.9 Å². The van der Waals surface area contributed by atoms with Gasteiger partial charge in [0.25, 0.3) is 12.1 Å². The number of hydrogen-bond acceptors (Lipinski definition) is 4. The Balaban J connectivity index is 2.32. The number of rotatable bonds is 4. The van der Waals surface area contributed by atoms with Crippen molar-refractivity contribution in [3.63, 3.8) is 0 Å². The van der Waals surface area contributed by atoms with Crippen molar-refractivity contribution >= 4 is 11.4 Å². The third kappa shape index (κ3) is 2.81. The van der Waals surface area contributed by atoms with Crippen molar-refractivity contribution in [3.8, 4) is 0 Å². The Hall–Kier alpha value is -1.76. The molecule has 1 fully saturated rings. The van der Waals surface area contributed by atoms with Crippen LogP contribution in [0, 0.1) is 10.1 Å². The highest BCUT2D eigenvalue weighted by atomic mass is 19.3. The first-order valence-corrected chi connectivity index (χ1v) is 6.01. The molecule has 0 saturated carbocycles. The molecule has 5 nitrogen and oxygen atoms in total. The number of halogens is 2. The maximum absolute atomic E-state index is 13.0. The van der Waals surface area contributed by atoms with Gasteiger partial charge in [-0.3, -0.25) is 10.1 Å². The summed E-state index contributed by atoms with van der Waals surface area (Å²) in [4.78, 5) is 11.8. The molecule has 1 saturated heterocycles. The summed E-state index contributed by atoms with van der Waals surface area (Å²) in [5.74, 6) is 0. The molecule has 0 aliphatic carbocycles. The maximum atomic E-state index is 13.0. The molecule has 1 aromatic rings. The Morgan fingerprint density at radius 3 is 2.79 bits per heavy atom. The molecule has 1 heterocycles. The van der Waals surface area contributed by atoms with Gasteiger partial charge in [-0.25, -0.2) is 8.78 Å². The predicted molar refractivity (Wildman–Crippen MR) is 67.7 cm³/mol. The van der Waals surface area contributed by atoms with Crippen LogP contribution in [0.1, 0.15) is 18.4 Å². The van der Waals surface area contributed by atoms with Crippen molar-refractivity contribution in [3.05, 3.63) is 33.9 Å². The lowest BCUT2D eigenvalue weighted by molar-refractivity contribution is -0.385. The minimum atomic E-state index is -2.72. The highest BCUT2D eigenvalue weighted by Crippen LogP contribution is 2.34. The number of alkyl halides is 2. The van der Waals surface area contributed by atoms with E-state index in [0.29, 0.717) is 18.8 Å².